The number of fused-ring (bicyclic) bond motifs is 1. The third-order valence-electron chi connectivity index (χ3n) is 4.78. The van der Waals surface area contributed by atoms with E-state index in [2.05, 4.69) is 9.97 Å². The van der Waals surface area contributed by atoms with Gasteiger partial charge >= 0.3 is 0 Å². The number of hydrogen-bond acceptors (Lipinski definition) is 3. The minimum Gasteiger partial charge on any atom is -0.493 e. The van der Waals surface area contributed by atoms with Gasteiger partial charge in [-0.2, -0.15) is 0 Å². The van der Waals surface area contributed by atoms with Crippen LogP contribution in [0.5, 0.6) is 11.5 Å². The number of nitrogens with zero attached hydrogens (tertiary/aromatic N) is 1. The molecule has 0 aliphatic heterocycles. The summed E-state index contributed by atoms with van der Waals surface area (Å²) >= 11 is 0. The number of aromatic amines is 1. The number of methoxy groups -OCH3 is 1. The van der Waals surface area contributed by atoms with E-state index in [1.165, 1.54) is 12.8 Å². The number of ether oxygens (including phenoxy) is 2. The Morgan fingerprint density at radius 3 is 2.67 bits per heavy atom. The molecule has 3 aromatic rings. The summed E-state index contributed by atoms with van der Waals surface area (Å²) in [6.07, 6.45) is 8.26. The third kappa shape index (κ3) is 3.65. The second-order valence-electron chi connectivity index (χ2n) is 6.64. The molecule has 0 amide bonds. The van der Waals surface area contributed by atoms with Gasteiger partial charge in [-0.15, -0.1) is 0 Å². The van der Waals surface area contributed by atoms with Crippen LogP contribution in [0.1, 0.15) is 37.1 Å². The molecule has 1 fully saturated rings. The molecule has 0 unspecified atom stereocenters. The van der Waals surface area contributed by atoms with Crippen molar-refractivity contribution in [3.63, 3.8) is 0 Å². The Bertz CT molecular complexity index is 952. The molecule has 1 N–H and O–H groups in total. The van der Waals surface area contributed by atoms with Gasteiger partial charge in [0.1, 0.15) is 5.82 Å². The predicted octanol–water partition coefficient (Wildman–Crippen LogP) is 5.34. The first-order valence-electron chi connectivity index (χ1n) is 9.00. The van der Waals surface area contributed by atoms with Crippen molar-refractivity contribution in [2.45, 2.75) is 31.8 Å². The van der Waals surface area contributed by atoms with Crippen LogP contribution in [0.3, 0.4) is 0 Å². The second-order valence-corrected chi connectivity index (χ2v) is 6.64. The van der Waals surface area contributed by atoms with Crippen molar-refractivity contribution in [3.05, 3.63) is 53.4 Å². The number of para-hydroxylation sites is 1. The number of H-pyrrole nitrogens is 1. The van der Waals surface area contributed by atoms with E-state index in [4.69, 9.17) is 9.47 Å². The Labute approximate surface area is 155 Å². The maximum atomic E-state index is 13.4. The van der Waals surface area contributed by atoms with Gasteiger partial charge in [0, 0.05) is 17.7 Å². The highest BCUT2D eigenvalue weighted by atomic mass is 19.2. The van der Waals surface area contributed by atoms with E-state index >= 15 is 0 Å². The summed E-state index contributed by atoms with van der Waals surface area (Å²) in [5.41, 5.74) is 1.68. The molecule has 0 bridgehead atoms. The molecular formula is C21H20F2N2O2. The van der Waals surface area contributed by atoms with E-state index in [0.717, 1.165) is 30.5 Å². The fourth-order valence-electron chi connectivity index (χ4n) is 3.40. The van der Waals surface area contributed by atoms with Crippen molar-refractivity contribution in [3.8, 4) is 11.5 Å². The number of benzene rings is 2. The molecule has 1 aliphatic rings. The first-order chi connectivity index (χ1) is 13.1. The van der Waals surface area contributed by atoms with Gasteiger partial charge in [-0.25, -0.2) is 13.8 Å². The Kier molecular flexibility index (Phi) is 4.79. The van der Waals surface area contributed by atoms with Gasteiger partial charge in [0.05, 0.1) is 24.2 Å². The molecule has 1 heterocycles. The lowest BCUT2D eigenvalue weighted by Crippen LogP contribution is -2.12. The van der Waals surface area contributed by atoms with E-state index < -0.39 is 11.6 Å². The van der Waals surface area contributed by atoms with Crippen molar-refractivity contribution in [2.75, 3.05) is 7.11 Å². The average molecular weight is 370 g/mol. The molecule has 2 aromatic carbocycles. The Hall–Kier alpha value is -2.89. The molecule has 1 aliphatic carbocycles. The van der Waals surface area contributed by atoms with Crippen molar-refractivity contribution in [1.29, 1.82) is 0 Å². The molecule has 4 rings (SSSR count). The normalized spacial score (nSPS) is 15.1. The summed E-state index contributed by atoms with van der Waals surface area (Å²) in [7, 11) is 1.62. The van der Waals surface area contributed by atoms with Crippen LogP contribution in [0.2, 0.25) is 0 Å². The Morgan fingerprint density at radius 2 is 1.89 bits per heavy atom. The van der Waals surface area contributed by atoms with E-state index in [9.17, 15) is 8.78 Å². The van der Waals surface area contributed by atoms with Crippen LogP contribution in [0.25, 0.3) is 23.2 Å². The summed E-state index contributed by atoms with van der Waals surface area (Å²) in [6, 6.07) is 7.89. The fourth-order valence-corrected chi connectivity index (χ4v) is 3.40. The van der Waals surface area contributed by atoms with Crippen LogP contribution < -0.4 is 9.47 Å². The summed E-state index contributed by atoms with van der Waals surface area (Å²) in [5.74, 6) is 0.0742. The van der Waals surface area contributed by atoms with Crippen LogP contribution in [-0.2, 0) is 0 Å². The van der Waals surface area contributed by atoms with E-state index in [-0.39, 0.29) is 6.10 Å². The number of aromatic nitrogens is 2. The molecule has 140 valence electrons. The zero-order chi connectivity index (χ0) is 18.8. The lowest BCUT2D eigenvalue weighted by molar-refractivity contribution is 0.200. The summed E-state index contributed by atoms with van der Waals surface area (Å²) < 4.78 is 38.4. The molecule has 0 spiro atoms. The SMILES string of the molecule is COc1cccc(/C=C/c2nc3cc(F)c(F)cc3[nH]2)c1OC1CCCC1. The monoisotopic (exact) mass is 370 g/mol. The lowest BCUT2D eigenvalue weighted by atomic mass is 10.1. The fraction of sp³-hybridized carbons (Fsp3) is 0.286. The van der Waals surface area contributed by atoms with Gasteiger partial charge in [0.25, 0.3) is 0 Å². The first kappa shape index (κ1) is 17.5. The van der Waals surface area contributed by atoms with Crippen molar-refractivity contribution in [1.82, 2.24) is 9.97 Å². The van der Waals surface area contributed by atoms with Gasteiger partial charge in [-0.05, 0) is 43.9 Å². The molecule has 4 nitrogen and oxygen atoms in total. The highest BCUT2D eigenvalue weighted by Gasteiger charge is 2.20. The average Bonchev–Trinajstić information content (AvgIpc) is 3.30. The maximum Gasteiger partial charge on any atom is 0.168 e. The van der Waals surface area contributed by atoms with Crippen molar-refractivity contribution in [2.24, 2.45) is 0 Å². The number of imidazole rings is 1. The van der Waals surface area contributed by atoms with Crippen molar-refractivity contribution < 1.29 is 18.3 Å². The maximum absolute atomic E-state index is 13.4. The summed E-state index contributed by atoms with van der Waals surface area (Å²) in [5, 5.41) is 0. The quantitative estimate of drug-likeness (QED) is 0.659. The predicted molar refractivity (Wildman–Crippen MR) is 101 cm³/mol. The van der Waals surface area contributed by atoms with E-state index in [0.29, 0.717) is 28.4 Å². The van der Waals surface area contributed by atoms with E-state index in [1.54, 1.807) is 13.2 Å². The number of rotatable bonds is 5. The molecule has 6 heteroatoms. The minimum atomic E-state index is -0.912. The van der Waals surface area contributed by atoms with Gasteiger partial charge in [-0.1, -0.05) is 12.1 Å². The zero-order valence-electron chi connectivity index (χ0n) is 15.0. The van der Waals surface area contributed by atoms with Crippen LogP contribution in [0.15, 0.2) is 30.3 Å². The van der Waals surface area contributed by atoms with Gasteiger partial charge in [-0.3, -0.25) is 0 Å². The molecule has 27 heavy (non-hydrogen) atoms. The number of halogens is 2. The summed E-state index contributed by atoms with van der Waals surface area (Å²) in [4.78, 5) is 7.26. The van der Waals surface area contributed by atoms with E-state index in [1.807, 2.05) is 24.3 Å². The molecular weight excluding hydrogens is 350 g/mol. The second kappa shape index (κ2) is 7.39. The Morgan fingerprint density at radius 1 is 1.11 bits per heavy atom. The molecule has 1 aromatic heterocycles. The van der Waals surface area contributed by atoms with Crippen LogP contribution in [0.4, 0.5) is 8.78 Å². The van der Waals surface area contributed by atoms with Gasteiger partial charge < -0.3 is 14.5 Å². The smallest absolute Gasteiger partial charge is 0.168 e. The molecule has 0 saturated heterocycles. The van der Waals surface area contributed by atoms with Crippen LogP contribution in [-0.4, -0.2) is 23.2 Å². The first-order valence-corrected chi connectivity index (χ1v) is 9.00. The molecule has 1 saturated carbocycles. The topological polar surface area (TPSA) is 47.1 Å². The van der Waals surface area contributed by atoms with Gasteiger partial charge in [0.2, 0.25) is 0 Å². The standard InChI is InChI=1S/C21H20F2N2O2/c1-26-19-8-4-5-13(21(19)27-14-6-2-3-7-14)9-10-20-24-17-11-15(22)16(23)12-18(17)25-20/h4-5,8-12,14H,2-3,6-7H2,1H3,(H,24,25)/b10-9+. The Balaban J connectivity index is 1.65. The lowest BCUT2D eigenvalue weighted by Gasteiger charge is -2.18. The molecule has 0 radical (unpaired) electrons. The largest absolute Gasteiger partial charge is 0.493 e. The highest BCUT2D eigenvalue weighted by Crippen LogP contribution is 2.35. The third-order valence-corrected chi connectivity index (χ3v) is 4.78. The van der Waals surface area contributed by atoms with Crippen LogP contribution in [0, 0.1) is 11.6 Å². The molecule has 0 atom stereocenters. The van der Waals surface area contributed by atoms with Crippen molar-refractivity contribution >= 4 is 23.2 Å². The van der Waals surface area contributed by atoms with Gasteiger partial charge in [0.15, 0.2) is 23.1 Å². The summed E-state index contributed by atoms with van der Waals surface area (Å²) in [6.45, 7) is 0. The minimum absolute atomic E-state index is 0.200. The van der Waals surface area contributed by atoms with Crippen LogP contribution >= 0.6 is 0 Å². The number of hydrogen-bond donors (Lipinski definition) is 1. The highest BCUT2D eigenvalue weighted by molar-refractivity contribution is 5.80. The zero-order valence-corrected chi connectivity index (χ0v) is 15.0. The number of nitrogens with one attached hydrogen (secondary N) is 1.